The maximum absolute atomic E-state index is 13.1. The van der Waals surface area contributed by atoms with E-state index in [-0.39, 0.29) is 12.5 Å². The molecule has 0 aliphatic heterocycles. The van der Waals surface area contributed by atoms with Gasteiger partial charge in [-0.15, -0.1) is 0 Å². The monoisotopic (exact) mass is 475 g/mol. The highest BCUT2D eigenvalue weighted by Gasteiger charge is 2.45. The second-order valence-corrected chi connectivity index (χ2v) is 11.2. The molecule has 34 heavy (non-hydrogen) atoms. The number of rotatable bonds is 8. The molecule has 188 valence electrons. The smallest absolute Gasteiger partial charge is 0.460 e. The summed E-state index contributed by atoms with van der Waals surface area (Å²) >= 11 is 0. The third kappa shape index (κ3) is 8.88. The van der Waals surface area contributed by atoms with Crippen molar-refractivity contribution in [3.8, 4) is 5.75 Å². The van der Waals surface area contributed by atoms with Crippen LogP contribution in [0.2, 0.25) is 0 Å². The molecule has 1 aromatic rings. The molecule has 0 bridgehead atoms. The Hall–Kier alpha value is -2.77. The Morgan fingerprint density at radius 1 is 0.882 bits per heavy atom. The van der Waals surface area contributed by atoms with E-state index in [1.165, 1.54) is 0 Å². The van der Waals surface area contributed by atoms with Gasteiger partial charge in [0.1, 0.15) is 29.1 Å². The van der Waals surface area contributed by atoms with E-state index in [0.717, 1.165) is 31.2 Å². The number of esters is 1. The molecule has 1 atom stereocenters. The quantitative estimate of drug-likeness (QED) is 0.315. The van der Waals surface area contributed by atoms with Gasteiger partial charge in [-0.05, 0) is 96.8 Å². The molecule has 1 amide bonds. The molecule has 2 saturated carbocycles. The van der Waals surface area contributed by atoms with E-state index in [9.17, 15) is 14.4 Å². The first-order valence-electron chi connectivity index (χ1n) is 12.0. The lowest BCUT2D eigenvalue weighted by Crippen LogP contribution is -2.46. The van der Waals surface area contributed by atoms with Gasteiger partial charge in [0, 0.05) is 6.42 Å². The predicted molar refractivity (Wildman–Crippen MR) is 125 cm³/mol. The Kier molecular flexibility index (Phi) is 7.78. The zero-order chi connectivity index (χ0) is 25.1. The van der Waals surface area contributed by atoms with E-state index in [4.69, 9.17) is 18.9 Å². The fourth-order valence-corrected chi connectivity index (χ4v) is 3.58. The minimum atomic E-state index is -0.896. The van der Waals surface area contributed by atoms with Gasteiger partial charge >= 0.3 is 18.2 Å². The molecule has 8 nitrogen and oxygen atoms in total. The molecule has 0 heterocycles. The Bertz CT molecular complexity index is 862. The van der Waals surface area contributed by atoms with E-state index in [1.54, 1.807) is 65.8 Å². The first kappa shape index (κ1) is 25.8. The van der Waals surface area contributed by atoms with Crippen LogP contribution in [0.3, 0.4) is 0 Å². The summed E-state index contributed by atoms with van der Waals surface area (Å²) < 4.78 is 21.6. The number of nitrogens with one attached hydrogen (secondary N) is 1. The van der Waals surface area contributed by atoms with E-state index < -0.39 is 35.5 Å². The number of hydrogen-bond donors (Lipinski definition) is 1. The minimum Gasteiger partial charge on any atom is -0.460 e. The molecule has 0 saturated heterocycles. The van der Waals surface area contributed by atoms with Crippen LogP contribution in [0.25, 0.3) is 0 Å². The van der Waals surface area contributed by atoms with Crippen LogP contribution in [-0.4, -0.2) is 41.6 Å². The average molecular weight is 476 g/mol. The van der Waals surface area contributed by atoms with Gasteiger partial charge in [0.2, 0.25) is 0 Å². The minimum absolute atomic E-state index is 0.0694. The Labute approximate surface area is 201 Å². The van der Waals surface area contributed by atoms with Gasteiger partial charge in [-0.1, -0.05) is 12.1 Å². The second-order valence-electron chi connectivity index (χ2n) is 11.2. The van der Waals surface area contributed by atoms with Crippen molar-refractivity contribution in [2.45, 2.75) is 97.0 Å². The van der Waals surface area contributed by atoms with Gasteiger partial charge in [-0.3, -0.25) is 0 Å². The van der Waals surface area contributed by atoms with Gasteiger partial charge in [0.15, 0.2) is 0 Å². The first-order chi connectivity index (χ1) is 15.8. The van der Waals surface area contributed by atoms with Crippen LogP contribution in [0.4, 0.5) is 9.59 Å². The molecule has 1 N–H and O–H groups in total. The van der Waals surface area contributed by atoms with Crippen LogP contribution in [0.5, 0.6) is 5.75 Å². The Morgan fingerprint density at radius 3 is 1.88 bits per heavy atom. The number of ether oxygens (including phenoxy) is 4. The molecule has 0 radical (unpaired) electrons. The van der Waals surface area contributed by atoms with Crippen LogP contribution in [-0.2, 0) is 25.4 Å². The Balaban J connectivity index is 1.65. The summed E-state index contributed by atoms with van der Waals surface area (Å²) in [5.41, 5.74) is -0.579. The van der Waals surface area contributed by atoms with Crippen molar-refractivity contribution < 1.29 is 33.3 Å². The van der Waals surface area contributed by atoms with E-state index >= 15 is 0 Å². The molecule has 2 aliphatic carbocycles. The average Bonchev–Trinajstić information content (AvgIpc) is 3.58. The second kappa shape index (κ2) is 10.2. The number of amides is 1. The fraction of sp³-hybridized carbons (Fsp3) is 0.654. The van der Waals surface area contributed by atoms with Crippen LogP contribution in [0.1, 0.15) is 72.8 Å². The normalized spacial score (nSPS) is 17.0. The van der Waals surface area contributed by atoms with E-state index in [2.05, 4.69) is 5.32 Å². The van der Waals surface area contributed by atoms with E-state index in [0.29, 0.717) is 17.6 Å². The molecule has 2 aliphatic rings. The first-order valence-corrected chi connectivity index (χ1v) is 12.0. The van der Waals surface area contributed by atoms with Crippen LogP contribution in [0.15, 0.2) is 24.3 Å². The van der Waals surface area contributed by atoms with Gasteiger partial charge in [-0.2, -0.15) is 0 Å². The summed E-state index contributed by atoms with van der Waals surface area (Å²) in [7, 11) is 0. The standard InChI is InChI=1S/C26H37NO7/c1-25(2,3)33-23(29)27-20(22(28)32-21(17-9-10-17)18-11-12-18)15-16-7-13-19(14-8-16)31-24(30)34-26(4,5)6/h7-8,13-14,17-18,20-21H,9-12,15H2,1-6H3,(H,27,29). The van der Waals surface area contributed by atoms with Crippen LogP contribution in [0, 0.1) is 11.8 Å². The molecule has 8 heteroatoms. The van der Waals surface area contributed by atoms with Crippen molar-refractivity contribution in [2.75, 3.05) is 0 Å². The third-order valence-corrected chi connectivity index (χ3v) is 5.35. The summed E-state index contributed by atoms with van der Waals surface area (Å²) in [6, 6.07) is 5.80. The van der Waals surface area contributed by atoms with Gasteiger partial charge in [0.05, 0.1) is 0 Å². The van der Waals surface area contributed by atoms with Crippen molar-refractivity contribution in [2.24, 2.45) is 11.8 Å². The number of carbonyl (C=O) groups is 3. The van der Waals surface area contributed by atoms with Gasteiger partial charge in [0.25, 0.3) is 0 Å². The lowest BCUT2D eigenvalue weighted by atomic mass is 10.1. The molecule has 2 fully saturated rings. The van der Waals surface area contributed by atoms with Crippen molar-refractivity contribution in [3.63, 3.8) is 0 Å². The summed E-state index contributed by atoms with van der Waals surface area (Å²) in [6.45, 7) is 10.6. The molecule has 1 aromatic carbocycles. The number of hydrogen-bond acceptors (Lipinski definition) is 7. The van der Waals surface area contributed by atoms with Crippen molar-refractivity contribution in [1.82, 2.24) is 5.32 Å². The SMILES string of the molecule is CC(C)(C)OC(=O)NC(Cc1ccc(OC(=O)OC(C)(C)C)cc1)C(=O)OC(C1CC1)C1CC1. The van der Waals surface area contributed by atoms with Gasteiger partial charge in [-0.25, -0.2) is 14.4 Å². The molecule has 0 aromatic heterocycles. The molecule has 1 unspecified atom stereocenters. The van der Waals surface area contributed by atoms with Crippen LogP contribution < -0.4 is 10.1 Å². The fourth-order valence-electron chi connectivity index (χ4n) is 3.58. The van der Waals surface area contributed by atoms with E-state index in [1.807, 2.05) is 0 Å². The van der Waals surface area contributed by atoms with Crippen molar-refractivity contribution >= 4 is 18.2 Å². The Morgan fingerprint density at radius 2 is 1.41 bits per heavy atom. The third-order valence-electron chi connectivity index (χ3n) is 5.35. The highest BCUT2D eigenvalue weighted by atomic mass is 16.7. The molecule has 0 spiro atoms. The van der Waals surface area contributed by atoms with Crippen molar-refractivity contribution in [1.29, 1.82) is 0 Å². The zero-order valence-electron chi connectivity index (χ0n) is 21.0. The maximum Gasteiger partial charge on any atom is 0.514 e. The summed E-state index contributed by atoms with van der Waals surface area (Å²) in [5.74, 6) is 0.731. The summed E-state index contributed by atoms with van der Waals surface area (Å²) in [5, 5.41) is 2.68. The highest BCUT2D eigenvalue weighted by Crippen LogP contribution is 2.46. The highest BCUT2D eigenvalue weighted by molar-refractivity contribution is 5.82. The lowest BCUT2D eigenvalue weighted by Gasteiger charge is -2.25. The number of alkyl carbamates (subject to hydrolysis) is 1. The number of benzene rings is 1. The molecule has 3 rings (SSSR count). The largest absolute Gasteiger partial charge is 0.514 e. The van der Waals surface area contributed by atoms with Crippen LogP contribution >= 0.6 is 0 Å². The topological polar surface area (TPSA) is 100 Å². The summed E-state index contributed by atoms with van der Waals surface area (Å²) in [4.78, 5) is 37.4. The lowest BCUT2D eigenvalue weighted by molar-refractivity contribution is -0.154. The van der Waals surface area contributed by atoms with Crippen molar-refractivity contribution in [3.05, 3.63) is 29.8 Å². The zero-order valence-corrected chi connectivity index (χ0v) is 21.0. The summed E-state index contributed by atoms with van der Waals surface area (Å²) in [6.07, 6.45) is 3.01. The molecular formula is C26H37NO7. The van der Waals surface area contributed by atoms with Gasteiger partial charge < -0.3 is 24.3 Å². The predicted octanol–water partition coefficient (Wildman–Crippen LogP) is 5.17. The molecular weight excluding hydrogens is 438 g/mol. The number of carbonyl (C=O) groups excluding carboxylic acids is 3. The maximum atomic E-state index is 13.1.